The van der Waals surface area contributed by atoms with Gasteiger partial charge in [0, 0.05) is 11.8 Å². The third-order valence-corrected chi connectivity index (χ3v) is 4.16. The standard InChI is InChI=1S/C17H17F2N5O3/c1-9-3-2-4-11(23-17(26)27)12-7-10(5-6-20-12)14-13(22-15(9)25)8-21-24(14)16(18)19/h2-3,5-9,11,16,23H,4H2,1H3,(H,22,25)(H,26,27)/b3-2-/t9-,11+/m0/s1. The van der Waals surface area contributed by atoms with Crippen molar-refractivity contribution in [1.29, 1.82) is 0 Å². The maximum Gasteiger partial charge on any atom is 0.405 e. The lowest BCUT2D eigenvalue weighted by Gasteiger charge is -2.18. The highest BCUT2D eigenvalue weighted by molar-refractivity contribution is 5.96. The van der Waals surface area contributed by atoms with Crippen LogP contribution >= 0.6 is 0 Å². The molecule has 0 radical (unpaired) electrons. The molecule has 0 aromatic carbocycles. The van der Waals surface area contributed by atoms with Gasteiger partial charge in [-0.25, -0.2) is 9.48 Å². The van der Waals surface area contributed by atoms with E-state index < -0.39 is 24.6 Å². The third-order valence-electron chi connectivity index (χ3n) is 4.16. The molecule has 0 aliphatic carbocycles. The Morgan fingerprint density at radius 3 is 2.96 bits per heavy atom. The molecule has 0 fully saturated rings. The van der Waals surface area contributed by atoms with E-state index in [9.17, 15) is 18.4 Å². The van der Waals surface area contributed by atoms with Gasteiger partial charge >= 0.3 is 12.6 Å². The lowest BCUT2D eigenvalue weighted by atomic mass is 10.0. The van der Waals surface area contributed by atoms with Crippen LogP contribution in [0.2, 0.25) is 0 Å². The van der Waals surface area contributed by atoms with Crippen molar-refractivity contribution in [3.63, 3.8) is 0 Å². The number of nitrogens with zero attached hydrogens (tertiary/aromatic N) is 3. The van der Waals surface area contributed by atoms with E-state index in [0.717, 1.165) is 6.20 Å². The van der Waals surface area contributed by atoms with Crippen LogP contribution in [0, 0.1) is 5.92 Å². The number of hydrogen-bond acceptors (Lipinski definition) is 4. The Hall–Kier alpha value is -3.30. The van der Waals surface area contributed by atoms with Gasteiger partial charge in [0.2, 0.25) is 5.91 Å². The Labute approximate surface area is 152 Å². The molecule has 0 unspecified atom stereocenters. The van der Waals surface area contributed by atoms with Crippen molar-refractivity contribution >= 4 is 17.7 Å². The predicted molar refractivity (Wildman–Crippen MR) is 92.2 cm³/mol. The fourth-order valence-corrected chi connectivity index (χ4v) is 2.83. The number of anilines is 1. The number of carboxylic acid groups (broad SMARTS) is 1. The first kappa shape index (κ1) is 18.5. The number of hydrogen-bond donors (Lipinski definition) is 3. The van der Waals surface area contributed by atoms with Crippen molar-refractivity contribution in [2.24, 2.45) is 5.92 Å². The van der Waals surface area contributed by atoms with Crippen molar-refractivity contribution in [1.82, 2.24) is 20.1 Å². The van der Waals surface area contributed by atoms with E-state index in [4.69, 9.17) is 5.11 Å². The summed E-state index contributed by atoms with van der Waals surface area (Å²) in [5, 5.41) is 17.7. The molecule has 0 saturated heterocycles. The second-order valence-corrected chi connectivity index (χ2v) is 6.04. The molecule has 8 nitrogen and oxygen atoms in total. The quantitative estimate of drug-likeness (QED) is 0.697. The van der Waals surface area contributed by atoms with Gasteiger partial charge in [0.1, 0.15) is 0 Å². The predicted octanol–water partition coefficient (Wildman–Crippen LogP) is 3.18. The molecule has 3 rings (SSSR count). The monoisotopic (exact) mass is 377 g/mol. The van der Waals surface area contributed by atoms with Crippen LogP contribution in [0.5, 0.6) is 0 Å². The van der Waals surface area contributed by atoms with E-state index in [1.807, 2.05) is 0 Å². The van der Waals surface area contributed by atoms with Gasteiger partial charge in [-0.3, -0.25) is 9.78 Å². The molecule has 2 aromatic rings. The summed E-state index contributed by atoms with van der Waals surface area (Å²) in [4.78, 5) is 27.6. The zero-order valence-corrected chi connectivity index (χ0v) is 14.3. The number of alkyl halides is 2. The van der Waals surface area contributed by atoms with Crippen LogP contribution in [0.4, 0.5) is 19.3 Å². The van der Waals surface area contributed by atoms with E-state index in [2.05, 4.69) is 20.7 Å². The minimum atomic E-state index is -2.92. The smallest absolute Gasteiger partial charge is 0.405 e. The lowest BCUT2D eigenvalue weighted by molar-refractivity contribution is -0.118. The van der Waals surface area contributed by atoms with E-state index in [1.54, 1.807) is 19.1 Å². The average molecular weight is 377 g/mol. The maximum absolute atomic E-state index is 13.4. The minimum Gasteiger partial charge on any atom is -0.465 e. The number of carbonyl (C=O) groups excluding carboxylic acids is 1. The Morgan fingerprint density at radius 1 is 1.48 bits per heavy atom. The second kappa shape index (κ2) is 7.52. The summed E-state index contributed by atoms with van der Waals surface area (Å²) in [6.45, 7) is -1.27. The average Bonchev–Trinajstić information content (AvgIpc) is 3.03. The molecule has 27 heavy (non-hydrogen) atoms. The van der Waals surface area contributed by atoms with Crippen molar-refractivity contribution in [3.05, 3.63) is 42.4 Å². The number of amides is 2. The lowest BCUT2D eigenvalue weighted by Crippen LogP contribution is -2.27. The van der Waals surface area contributed by atoms with E-state index in [1.165, 1.54) is 18.3 Å². The number of carbonyl (C=O) groups is 2. The number of rotatable bonds is 2. The number of pyridine rings is 1. The molecule has 2 aromatic heterocycles. The molecular formula is C17H17F2N5O3. The highest BCUT2D eigenvalue weighted by Gasteiger charge is 2.24. The first-order valence-corrected chi connectivity index (χ1v) is 8.15. The summed E-state index contributed by atoms with van der Waals surface area (Å²) in [6.07, 6.45) is 4.87. The first-order valence-electron chi connectivity index (χ1n) is 8.15. The van der Waals surface area contributed by atoms with E-state index in [0.29, 0.717) is 15.9 Å². The fraction of sp³-hybridized carbons (Fsp3) is 0.294. The molecule has 0 spiro atoms. The van der Waals surface area contributed by atoms with Crippen LogP contribution < -0.4 is 10.6 Å². The van der Waals surface area contributed by atoms with Gasteiger partial charge < -0.3 is 15.7 Å². The highest BCUT2D eigenvalue weighted by atomic mass is 19.3. The summed E-state index contributed by atoms with van der Waals surface area (Å²) in [7, 11) is 0. The van der Waals surface area contributed by atoms with E-state index in [-0.39, 0.29) is 23.7 Å². The largest absolute Gasteiger partial charge is 0.465 e. The Kier molecular flexibility index (Phi) is 5.15. The molecule has 10 heteroatoms. The van der Waals surface area contributed by atoms with Gasteiger partial charge in [-0.15, -0.1) is 0 Å². The number of aromatic nitrogens is 3. The molecular weight excluding hydrogens is 360 g/mol. The Balaban J connectivity index is 2.17. The zero-order valence-electron chi connectivity index (χ0n) is 14.3. The van der Waals surface area contributed by atoms with Crippen LogP contribution in [0.15, 0.2) is 36.7 Å². The normalized spacial score (nSPS) is 20.8. The minimum absolute atomic E-state index is 0.0211. The summed E-state index contributed by atoms with van der Waals surface area (Å²) < 4.78 is 27.3. The van der Waals surface area contributed by atoms with Crippen LogP contribution in [-0.4, -0.2) is 31.9 Å². The molecule has 1 aliphatic rings. The van der Waals surface area contributed by atoms with Gasteiger partial charge in [-0.2, -0.15) is 13.9 Å². The van der Waals surface area contributed by atoms with Crippen molar-refractivity contribution < 1.29 is 23.5 Å². The first-order chi connectivity index (χ1) is 12.9. The second-order valence-electron chi connectivity index (χ2n) is 6.04. The van der Waals surface area contributed by atoms with Crippen LogP contribution in [0.3, 0.4) is 0 Å². The van der Waals surface area contributed by atoms with Crippen LogP contribution in [-0.2, 0) is 4.79 Å². The molecule has 0 saturated carbocycles. The molecule has 2 bridgehead atoms. The van der Waals surface area contributed by atoms with E-state index >= 15 is 0 Å². The van der Waals surface area contributed by atoms with Crippen molar-refractivity contribution in [3.8, 4) is 11.3 Å². The summed E-state index contributed by atoms with van der Waals surface area (Å²) in [5.41, 5.74) is 0.864. The fourth-order valence-electron chi connectivity index (χ4n) is 2.83. The Bertz CT molecular complexity index is 896. The SMILES string of the molecule is C[C@H]1/C=C\C[C@@H](NC(=O)O)c2cc(ccn2)-c2c(cnn2C(F)F)NC1=O. The summed E-state index contributed by atoms with van der Waals surface area (Å²) >= 11 is 0. The number of fused-ring (bicyclic) bond motifs is 4. The van der Waals surface area contributed by atoms with Crippen LogP contribution in [0.1, 0.15) is 31.6 Å². The van der Waals surface area contributed by atoms with Crippen LogP contribution in [0.25, 0.3) is 11.3 Å². The van der Waals surface area contributed by atoms with Crippen molar-refractivity contribution in [2.45, 2.75) is 25.9 Å². The zero-order chi connectivity index (χ0) is 19.6. The van der Waals surface area contributed by atoms with Gasteiger partial charge in [0.15, 0.2) is 0 Å². The van der Waals surface area contributed by atoms with Gasteiger partial charge in [-0.1, -0.05) is 19.1 Å². The highest BCUT2D eigenvalue weighted by Crippen LogP contribution is 2.33. The van der Waals surface area contributed by atoms with Crippen molar-refractivity contribution in [2.75, 3.05) is 5.32 Å². The molecule has 142 valence electrons. The molecule has 1 aliphatic heterocycles. The Morgan fingerprint density at radius 2 is 2.26 bits per heavy atom. The van der Waals surface area contributed by atoms with Gasteiger partial charge in [-0.05, 0) is 18.6 Å². The summed E-state index contributed by atoms with van der Waals surface area (Å²) in [6, 6.07) is 2.31. The number of nitrogens with one attached hydrogen (secondary N) is 2. The number of halogens is 2. The molecule has 2 amide bonds. The van der Waals surface area contributed by atoms with Gasteiger partial charge in [0.05, 0.1) is 35.2 Å². The maximum atomic E-state index is 13.4. The molecule has 3 N–H and O–H groups in total. The molecule has 2 atom stereocenters. The third kappa shape index (κ3) is 3.94. The summed E-state index contributed by atoms with van der Waals surface area (Å²) in [5.74, 6) is -0.942. The van der Waals surface area contributed by atoms with Gasteiger partial charge in [0.25, 0.3) is 0 Å². The molecule has 3 heterocycles. The topological polar surface area (TPSA) is 109 Å².